The number of rotatable bonds is 6. The molecule has 1 atom stereocenters. The van der Waals surface area contributed by atoms with E-state index < -0.39 is 12.6 Å². The molecule has 2 N–H and O–H groups in total. The number of thiophene rings is 1. The van der Waals surface area contributed by atoms with Gasteiger partial charge in [0.15, 0.2) is 5.78 Å². The van der Waals surface area contributed by atoms with E-state index in [0.29, 0.717) is 36.6 Å². The molecular weight excluding hydrogens is 378 g/mol. The minimum Gasteiger partial charge on any atom is -0.394 e. The zero-order valence-electron chi connectivity index (χ0n) is 15.6. The summed E-state index contributed by atoms with van der Waals surface area (Å²) in [5, 5.41) is 14.0. The van der Waals surface area contributed by atoms with Gasteiger partial charge in [0, 0.05) is 37.4 Å². The highest BCUT2D eigenvalue weighted by atomic mass is 32.1. The van der Waals surface area contributed by atoms with E-state index in [0.717, 1.165) is 5.69 Å². The van der Waals surface area contributed by atoms with Crippen LogP contribution in [-0.2, 0) is 4.79 Å². The maximum Gasteiger partial charge on any atom is 0.262 e. The van der Waals surface area contributed by atoms with Crippen molar-refractivity contribution in [1.29, 1.82) is 0 Å². The number of piperazine rings is 1. The summed E-state index contributed by atoms with van der Waals surface area (Å²) in [6, 6.07) is 9.91. The van der Waals surface area contributed by atoms with E-state index >= 15 is 0 Å². The molecule has 1 aromatic carbocycles. The Balaban J connectivity index is 1.56. The Morgan fingerprint density at radius 2 is 1.79 bits per heavy atom. The lowest BCUT2D eigenvalue weighted by atomic mass is 10.1. The van der Waals surface area contributed by atoms with Crippen molar-refractivity contribution in [3.05, 3.63) is 52.2 Å². The Bertz CT molecular complexity index is 828. The monoisotopic (exact) mass is 401 g/mol. The van der Waals surface area contributed by atoms with Crippen molar-refractivity contribution in [3.8, 4) is 0 Å². The maximum absolute atomic E-state index is 12.7. The van der Waals surface area contributed by atoms with E-state index in [4.69, 9.17) is 0 Å². The molecule has 0 bridgehead atoms. The van der Waals surface area contributed by atoms with Crippen LogP contribution in [0.4, 0.5) is 5.69 Å². The van der Waals surface area contributed by atoms with Gasteiger partial charge in [-0.1, -0.05) is 6.07 Å². The van der Waals surface area contributed by atoms with Crippen LogP contribution in [0.1, 0.15) is 27.0 Å². The first-order valence-corrected chi connectivity index (χ1v) is 9.97. The standard InChI is InChI=1S/C20H23N3O4S/c1-14(25)15-4-6-16(7-5-15)22-8-10-23(11-9-22)20(27)17(13-24)21-19(26)18-3-2-12-28-18/h2-7,12,17,24H,8-11,13H2,1H3,(H,21,26). The number of aliphatic hydroxyl groups is 1. The first-order valence-electron chi connectivity index (χ1n) is 9.09. The topological polar surface area (TPSA) is 90.0 Å². The Labute approximate surface area is 167 Å². The fourth-order valence-electron chi connectivity index (χ4n) is 3.13. The van der Waals surface area contributed by atoms with E-state index in [1.807, 2.05) is 12.1 Å². The first-order chi connectivity index (χ1) is 13.5. The molecule has 1 aliphatic rings. The highest BCUT2D eigenvalue weighted by Crippen LogP contribution is 2.18. The van der Waals surface area contributed by atoms with Gasteiger partial charge in [-0.15, -0.1) is 11.3 Å². The van der Waals surface area contributed by atoms with Gasteiger partial charge in [-0.2, -0.15) is 0 Å². The highest BCUT2D eigenvalue weighted by Gasteiger charge is 2.28. The second kappa shape index (κ2) is 8.99. The number of anilines is 1. The molecule has 0 aliphatic carbocycles. The van der Waals surface area contributed by atoms with Crippen molar-refractivity contribution in [2.24, 2.45) is 0 Å². The molecule has 1 saturated heterocycles. The Morgan fingerprint density at radius 3 is 2.32 bits per heavy atom. The number of carbonyl (C=O) groups is 3. The molecule has 2 heterocycles. The normalized spacial score (nSPS) is 15.2. The van der Waals surface area contributed by atoms with Gasteiger partial charge in [-0.3, -0.25) is 14.4 Å². The fourth-order valence-corrected chi connectivity index (χ4v) is 3.76. The van der Waals surface area contributed by atoms with Crippen LogP contribution in [0.25, 0.3) is 0 Å². The molecule has 1 unspecified atom stereocenters. The number of aliphatic hydroxyl groups excluding tert-OH is 1. The minimum absolute atomic E-state index is 0.0293. The van der Waals surface area contributed by atoms with Crippen LogP contribution in [0.3, 0.4) is 0 Å². The summed E-state index contributed by atoms with van der Waals surface area (Å²) in [6.45, 7) is 3.37. The SMILES string of the molecule is CC(=O)c1ccc(N2CCN(C(=O)C(CO)NC(=O)c3cccs3)CC2)cc1. The van der Waals surface area contributed by atoms with Crippen molar-refractivity contribution in [2.75, 3.05) is 37.7 Å². The third-order valence-corrected chi connectivity index (χ3v) is 5.63. The van der Waals surface area contributed by atoms with Gasteiger partial charge in [-0.25, -0.2) is 0 Å². The van der Waals surface area contributed by atoms with Crippen LogP contribution in [0, 0.1) is 0 Å². The Morgan fingerprint density at radius 1 is 1.11 bits per heavy atom. The lowest BCUT2D eigenvalue weighted by Gasteiger charge is -2.37. The van der Waals surface area contributed by atoms with E-state index in [2.05, 4.69) is 10.2 Å². The maximum atomic E-state index is 12.7. The largest absolute Gasteiger partial charge is 0.394 e. The van der Waals surface area contributed by atoms with E-state index in [-0.39, 0.29) is 17.6 Å². The lowest BCUT2D eigenvalue weighted by molar-refractivity contribution is -0.134. The summed E-state index contributed by atoms with van der Waals surface area (Å²) in [5.74, 6) is -0.604. The molecule has 2 amide bonds. The summed E-state index contributed by atoms with van der Waals surface area (Å²) in [5.41, 5.74) is 1.67. The summed E-state index contributed by atoms with van der Waals surface area (Å²) in [4.78, 5) is 40.6. The second-order valence-corrected chi connectivity index (χ2v) is 7.55. The first kappa shape index (κ1) is 20.0. The molecule has 0 spiro atoms. The van der Waals surface area contributed by atoms with Gasteiger partial charge in [0.25, 0.3) is 5.91 Å². The summed E-state index contributed by atoms with van der Waals surface area (Å²) >= 11 is 1.29. The summed E-state index contributed by atoms with van der Waals surface area (Å²) in [7, 11) is 0. The quantitative estimate of drug-likeness (QED) is 0.714. The molecule has 0 saturated carbocycles. The summed E-state index contributed by atoms with van der Waals surface area (Å²) in [6.07, 6.45) is 0. The molecule has 3 rings (SSSR count). The van der Waals surface area contributed by atoms with E-state index in [1.165, 1.54) is 18.3 Å². The van der Waals surface area contributed by atoms with Crippen molar-refractivity contribution < 1.29 is 19.5 Å². The smallest absolute Gasteiger partial charge is 0.262 e. The summed E-state index contributed by atoms with van der Waals surface area (Å²) < 4.78 is 0. The number of carbonyl (C=O) groups excluding carboxylic acids is 3. The number of amides is 2. The average Bonchev–Trinajstić information content (AvgIpc) is 3.26. The zero-order valence-corrected chi connectivity index (χ0v) is 16.4. The molecule has 1 aliphatic heterocycles. The Kier molecular flexibility index (Phi) is 6.43. The number of nitrogens with one attached hydrogen (secondary N) is 1. The van der Waals surface area contributed by atoms with Crippen LogP contribution in [0.5, 0.6) is 0 Å². The molecule has 1 fully saturated rings. The number of nitrogens with zero attached hydrogens (tertiary/aromatic N) is 2. The second-order valence-electron chi connectivity index (χ2n) is 6.60. The van der Waals surface area contributed by atoms with E-state index in [1.54, 1.807) is 34.5 Å². The van der Waals surface area contributed by atoms with Crippen molar-refractivity contribution in [3.63, 3.8) is 0 Å². The molecule has 148 valence electrons. The molecule has 7 nitrogen and oxygen atoms in total. The van der Waals surface area contributed by atoms with Crippen LogP contribution in [0.2, 0.25) is 0 Å². The minimum atomic E-state index is -0.948. The van der Waals surface area contributed by atoms with Gasteiger partial charge >= 0.3 is 0 Å². The number of hydrogen-bond donors (Lipinski definition) is 2. The highest BCUT2D eigenvalue weighted by molar-refractivity contribution is 7.12. The van der Waals surface area contributed by atoms with Gasteiger partial charge in [0.05, 0.1) is 11.5 Å². The third kappa shape index (κ3) is 4.58. The number of benzene rings is 1. The van der Waals surface area contributed by atoms with Crippen LogP contribution in [-0.4, -0.2) is 66.4 Å². The van der Waals surface area contributed by atoms with Crippen molar-refractivity contribution in [1.82, 2.24) is 10.2 Å². The third-order valence-electron chi connectivity index (χ3n) is 4.76. The number of hydrogen-bond acceptors (Lipinski definition) is 6. The fraction of sp³-hybridized carbons (Fsp3) is 0.350. The average molecular weight is 401 g/mol. The predicted molar refractivity (Wildman–Crippen MR) is 108 cm³/mol. The number of ketones is 1. The zero-order chi connectivity index (χ0) is 20.1. The van der Waals surface area contributed by atoms with Crippen LogP contribution in [0.15, 0.2) is 41.8 Å². The van der Waals surface area contributed by atoms with Crippen molar-refractivity contribution in [2.45, 2.75) is 13.0 Å². The molecule has 1 aromatic heterocycles. The molecule has 2 aromatic rings. The molecular formula is C20H23N3O4S. The Hall–Kier alpha value is -2.71. The molecule has 8 heteroatoms. The predicted octanol–water partition coefficient (Wildman–Crippen LogP) is 1.39. The van der Waals surface area contributed by atoms with Crippen molar-refractivity contribution >= 4 is 34.6 Å². The lowest BCUT2D eigenvalue weighted by Crippen LogP contribution is -2.56. The van der Waals surface area contributed by atoms with E-state index in [9.17, 15) is 19.5 Å². The van der Waals surface area contributed by atoms with Gasteiger partial charge in [0.2, 0.25) is 5.91 Å². The molecule has 0 radical (unpaired) electrons. The molecule has 28 heavy (non-hydrogen) atoms. The number of Topliss-reactive ketones (excluding diaryl/α,β-unsaturated/α-hetero) is 1. The van der Waals surface area contributed by atoms with Gasteiger partial charge in [0.1, 0.15) is 6.04 Å². The van der Waals surface area contributed by atoms with Crippen LogP contribution < -0.4 is 10.2 Å². The van der Waals surface area contributed by atoms with Gasteiger partial charge < -0.3 is 20.2 Å². The van der Waals surface area contributed by atoms with Crippen LogP contribution >= 0.6 is 11.3 Å². The van der Waals surface area contributed by atoms with Gasteiger partial charge in [-0.05, 0) is 42.6 Å².